The van der Waals surface area contributed by atoms with Crippen LogP contribution in [0.4, 0.5) is 0 Å². The number of hydrogen-bond donors (Lipinski definition) is 2. The van der Waals surface area contributed by atoms with Crippen LogP contribution in [0.2, 0.25) is 10.0 Å². The molecule has 1 unspecified atom stereocenters. The van der Waals surface area contributed by atoms with Crippen molar-refractivity contribution < 1.29 is 0 Å². The molecule has 0 fully saturated rings. The molecular weight excluding hydrogens is 317 g/mol. The van der Waals surface area contributed by atoms with Gasteiger partial charge in [-0.2, -0.15) is 5.10 Å². The zero-order valence-electron chi connectivity index (χ0n) is 11.8. The largest absolute Gasteiger partial charge is 0.329 e. The van der Waals surface area contributed by atoms with Gasteiger partial charge in [0.05, 0.1) is 5.69 Å². The van der Waals surface area contributed by atoms with Crippen LogP contribution in [-0.4, -0.2) is 16.7 Å². The van der Waals surface area contributed by atoms with Crippen molar-refractivity contribution in [2.45, 2.75) is 5.92 Å². The first kappa shape index (κ1) is 15.1. The standard InChI is InChI=1S/C17H15Cl2N3/c18-13-7-4-8-14(19)17(13)12(10-20)16-9-15(21-22-16)11-5-2-1-3-6-11/h1-9,12H,10,20H2,(H,21,22). The van der Waals surface area contributed by atoms with E-state index in [1.807, 2.05) is 54.6 Å². The van der Waals surface area contributed by atoms with Gasteiger partial charge >= 0.3 is 0 Å². The Morgan fingerprint density at radius 3 is 2.32 bits per heavy atom. The van der Waals surface area contributed by atoms with E-state index < -0.39 is 0 Å². The lowest BCUT2D eigenvalue weighted by Gasteiger charge is -2.16. The summed E-state index contributed by atoms with van der Waals surface area (Å²) in [6.45, 7) is 0.389. The van der Waals surface area contributed by atoms with Crippen LogP contribution >= 0.6 is 23.2 Å². The average Bonchev–Trinajstić information content (AvgIpc) is 3.01. The van der Waals surface area contributed by atoms with Gasteiger partial charge in [0.25, 0.3) is 0 Å². The van der Waals surface area contributed by atoms with Gasteiger partial charge < -0.3 is 5.73 Å². The van der Waals surface area contributed by atoms with Crippen molar-refractivity contribution in [3.63, 3.8) is 0 Å². The first-order chi connectivity index (χ1) is 10.7. The number of halogens is 2. The van der Waals surface area contributed by atoms with E-state index in [-0.39, 0.29) is 5.92 Å². The van der Waals surface area contributed by atoms with Crippen molar-refractivity contribution in [1.82, 2.24) is 10.2 Å². The van der Waals surface area contributed by atoms with Gasteiger partial charge in [-0.05, 0) is 23.8 Å². The van der Waals surface area contributed by atoms with Crippen molar-refractivity contribution in [3.05, 3.63) is 75.9 Å². The quantitative estimate of drug-likeness (QED) is 0.740. The highest BCUT2D eigenvalue weighted by molar-refractivity contribution is 6.36. The van der Waals surface area contributed by atoms with Crippen LogP contribution in [0.25, 0.3) is 11.3 Å². The monoisotopic (exact) mass is 331 g/mol. The van der Waals surface area contributed by atoms with Gasteiger partial charge in [0, 0.05) is 33.8 Å². The Kier molecular flexibility index (Phi) is 4.48. The van der Waals surface area contributed by atoms with Crippen LogP contribution in [0.5, 0.6) is 0 Å². The third kappa shape index (κ3) is 2.88. The SMILES string of the molecule is NCC(c1cc(-c2ccccc2)n[nH]1)c1c(Cl)cccc1Cl. The first-order valence-corrected chi connectivity index (χ1v) is 7.71. The molecule has 112 valence electrons. The molecule has 3 N–H and O–H groups in total. The molecule has 0 aliphatic heterocycles. The molecule has 2 aromatic carbocycles. The van der Waals surface area contributed by atoms with Crippen molar-refractivity contribution in [2.24, 2.45) is 5.73 Å². The number of nitrogens with zero attached hydrogens (tertiary/aromatic N) is 1. The number of rotatable bonds is 4. The van der Waals surface area contributed by atoms with Gasteiger partial charge in [-0.25, -0.2) is 0 Å². The van der Waals surface area contributed by atoms with Gasteiger partial charge in [0.2, 0.25) is 0 Å². The number of H-pyrrole nitrogens is 1. The number of nitrogens with two attached hydrogens (primary N) is 1. The second-order valence-corrected chi connectivity index (χ2v) is 5.81. The predicted molar refractivity (Wildman–Crippen MR) is 91.4 cm³/mol. The lowest BCUT2D eigenvalue weighted by atomic mass is 9.95. The number of nitrogens with one attached hydrogen (secondary N) is 1. The summed E-state index contributed by atoms with van der Waals surface area (Å²) >= 11 is 12.6. The topological polar surface area (TPSA) is 54.7 Å². The average molecular weight is 332 g/mol. The lowest BCUT2D eigenvalue weighted by molar-refractivity contribution is 0.780. The third-order valence-electron chi connectivity index (χ3n) is 3.63. The Labute approximate surface area is 139 Å². The highest BCUT2D eigenvalue weighted by Crippen LogP contribution is 2.35. The van der Waals surface area contributed by atoms with Crippen molar-refractivity contribution in [1.29, 1.82) is 0 Å². The Balaban J connectivity index is 2.01. The van der Waals surface area contributed by atoms with E-state index in [4.69, 9.17) is 28.9 Å². The summed E-state index contributed by atoms with van der Waals surface area (Å²) in [6.07, 6.45) is 0. The second kappa shape index (κ2) is 6.53. The molecule has 0 saturated heterocycles. The van der Waals surface area contributed by atoms with Crippen LogP contribution in [0.3, 0.4) is 0 Å². The first-order valence-electron chi connectivity index (χ1n) is 6.95. The number of aromatic nitrogens is 2. The van der Waals surface area contributed by atoms with Crippen LogP contribution in [-0.2, 0) is 0 Å². The molecule has 0 aliphatic carbocycles. The molecule has 0 aliphatic rings. The fourth-order valence-corrected chi connectivity index (χ4v) is 3.18. The van der Waals surface area contributed by atoms with E-state index >= 15 is 0 Å². The Morgan fingerprint density at radius 1 is 1.00 bits per heavy atom. The minimum absolute atomic E-state index is 0.119. The van der Waals surface area contributed by atoms with E-state index in [0.29, 0.717) is 16.6 Å². The van der Waals surface area contributed by atoms with Crippen LogP contribution < -0.4 is 5.73 Å². The Bertz CT molecular complexity index is 748. The molecule has 0 spiro atoms. The van der Waals surface area contributed by atoms with Crippen LogP contribution in [0, 0.1) is 0 Å². The van der Waals surface area contributed by atoms with Gasteiger partial charge in [0.1, 0.15) is 0 Å². The number of hydrogen-bond acceptors (Lipinski definition) is 2. The molecule has 0 radical (unpaired) electrons. The van der Waals surface area contributed by atoms with E-state index in [2.05, 4.69) is 10.2 Å². The molecule has 0 amide bonds. The lowest BCUT2D eigenvalue weighted by Crippen LogP contribution is -2.15. The Hall–Kier alpha value is -1.81. The van der Waals surface area contributed by atoms with Crippen LogP contribution in [0.1, 0.15) is 17.2 Å². The van der Waals surface area contributed by atoms with E-state index in [0.717, 1.165) is 22.5 Å². The Morgan fingerprint density at radius 2 is 1.68 bits per heavy atom. The highest BCUT2D eigenvalue weighted by Gasteiger charge is 2.21. The maximum absolute atomic E-state index is 6.30. The summed E-state index contributed by atoms with van der Waals surface area (Å²) in [5.41, 5.74) is 9.61. The molecule has 1 aromatic heterocycles. The van der Waals surface area contributed by atoms with Crippen LogP contribution in [0.15, 0.2) is 54.6 Å². The smallest absolute Gasteiger partial charge is 0.0923 e. The number of benzene rings is 2. The predicted octanol–water partition coefficient (Wildman–Crippen LogP) is 4.47. The summed E-state index contributed by atoms with van der Waals surface area (Å²) < 4.78 is 0. The second-order valence-electron chi connectivity index (χ2n) is 5.00. The summed E-state index contributed by atoms with van der Waals surface area (Å²) in [5.74, 6) is -0.119. The van der Waals surface area contributed by atoms with Crippen molar-refractivity contribution in [2.75, 3.05) is 6.54 Å². The summed E-state index contributed by atoms with van der Waals surface area (Å²) in [7, 11) is 0. The van der Waals surface area contributed by atoms with Gasteiger partial charge in [0.15, 0.2) is 0 Å². The van der Waals surface area contributed by atoms with Crippen molar-refractivity contribution >= 4 is 23.2 Å². The zero-order valence-corrected chi connectivity index (χ0v) is 13.3. The van der Waals surface area contributed by atoms with Gasteiger partial charge in [-0.3, -0.25) is 5.10 Å². The molecule has 3 rings (SSSR count). The van der Waals surface area contributed by atoms with Gasteiger partial charge in [-0.1, -0.05) is 59.6 Å². The highest BCUT2D eigenvalue weighted by atomic mass is 35.5. The summed E-state index contributed by atoms with van der Waals surface area (Å²) in [6, 6.07) is 17.4. The molecule has 0 bridgehead atoms. The molecule has 22 heavy (non-hydrogen) atoms. The maximum atomic E-state index is 6.30. The molecule has 1 heterocycles. The molecule has 3 nitrogen and oxygen atoms in total. The molecule has 3 aromatic rings. The van der Waals surface area contributed by atoms with E-state index in [1.165, 1.54) is 0 Å². The molecule has 0 saturated carbocycles. The van der Waals surface area contributed by atoms with E-state index in [1.54, 1.807) is 0 Å². The number of aromatic amines is 1. The fraction of sp³-hybridized carbons (Fsp3) is 0.118. The molecule has 5 heteroatoms. The molecular formula is C17H15Cl2N3. The minimum atomic E-state index is -0.119. The summed E-state index contributed by atoms with van der Waals surface area (Å²) in [4.78, 5) is 0. The summed E-state index contributed by atoms with van der Waals surface area (Å²) in [5, 5.41) is 8.65. The van der Waals surface area contributed by atoms with E-state index in [9.17, 15) is 0 Å². The third-order valence-corrected chi connectivity index (χ3v) is 4.29. The zero-order chi connectivity index (χ0) is 15.5. The molecule has 1 atom stereocenters. The maximum Gasteiger partial charge on any atom is 0.0923 e. The minimum Gasteiger partial charge on any atom is -0.329 e. The van der Waals surface area contributed by atoms with Gasteiger partial charge in [-0.15, -0.1) is 0 Å². The fourth-order valence-electron chi connectivity index (χ4n) is 2.52. The normalized spacial score (nSPS) is 12.3. The van der Waals surface area contributed by atoms with Crippen molar-refractivity contribution in [3.8, 4) is 11.3 Å².